The second-order valence-electron chi connectivity index (χ2n) is 10.8. The van der Waals surface area contributed by atoms with E-state index in [-0.39, 0.29) is 35.7 Å². The molecule has 0 aliphatic carbocycles. The second kappa shape index (κ2) is 16.1. The summed E-state index contributed by atoms with van der Waals surface area (Å²) in [6.07, 6.45) is 2.84. The van der Waals surface area contributed by atoms with Crippen LogP contribution in [0.4, 0.5) is 11.6 Å². The number of nitrogens with zero attached hydrogens (tertiary/aromatic N) is 3. The number of ether oxygens (including phenoxy) is 2. The van der Waals surface area contributed by atoms with Gasteiger partial charge in [-0.1, -0.05) is 35.9 Å². The lowest BCUT2D eigenvalue weighted by Crippen LogP contribution is -2.46. The number of amides is 1. The molecule has 2 aromatic carbocycles. The largest absolute Gasteiger partial charge is 0.494 e. The van der Waals surface area contributed by atoms with Gasteiger partial charge in [0.25, 0.3) is 5.91 Å². The fraction of sp³-hybridized carbons (Fsp3) is 0.433. The minimum Gasteiger partial charge on any atom is -0.494 e. The maximum Gasteiger partial charge on any atom is 0.273 e. The Balaban J connectivity index is 1.30. The zero-order valence-electron chi connectivity index (χ0n) is 24.3. The molecule has 12 heteroatoms. The molecule has 0 saturated heterocycles. The summed E-state index contributed by atoms with van der Waals surface area (Å²) in [6, 6.07) is 15.9. The molecule has 1 unspecified atom stereocenters. The van der Waals surface area contributed by atoms with Crippen LogP contribution < -0.4 is 26.3 Å². The molecule has 3 aromatic rings. The molecule has 1 amide bonds. The van der Waals surface area contributed by atoms with Gasteiger partial charge in [-0.25, -0.2) is 9.97 Å². The minimum atomic E-state index is -0.874. The summed E-state index contributed by atoms with van der Waals surface area (Å²) in [6.45, 7) is 2.50. The molecule has 228 valence electrons. The summed E-state index contributed by atoms with van der Waals surface area (Å²) in [5, 5.41) is 21.0. The summed E-state index contributed by atoms with van der Waals surface area (Å²) in [5.74, 6) is 1.03. The molecule has 1 heterocycles. The van der Waals surface area contributed by atoms with Gasteiger partial charge in [0, 0.05) is 6.42 Å². The number of aliphatic hydroxyl groups excluding tert-OH is 2. The summed E-state index contributed by atoms with van der Waals surface area (Å²) < 4.78 is 12.1. The van der Waals surface area contributed by atoms with Crippen molar-refractivity contribution < 1.29 is 29.0 Å². The lowest BCUT2D eigenvalue weighted by molar-refractivity contribution is -0.889. The SMILES string of the molecule is C[N+](C)(CCCc1ccc(OCCCc2ccc(OCC(O)CO)cc2)cc1)CCNC(=O)c1nc(Cl)c(N)nc1N. The number of aryl methyl sites for hydroxylation is 2. The lowest BCUT2D eigenvalue weighted by Gasteiger charge is -2.30. The van der Waals surface area contributed by atoms with Crippen LogP contribution in [0, 0.1) is 0 Å². The monoisotopic (exact) mass is 601 g/mol. The summed E-state index contributed by atoms with van der Waals surface area (Å²) in [5.41, 5.74) is 13.7. The molecule has 1 atom stereocenters. The van der Waals surface area contributed by atoms with Crippen molar-refractivity contribution in [3.05, 3.63) is 70.5 Å². The Bertz CT molecular complexity index is 1270. The van der Waals surface area contributed by atoms with Gasteiger partial charge in [-0.2, -0.15) is 0 Å². The number of nitrogens with one attached hydrogen (secondary N) is 1. The van der Waals surface area contributed by atoms with E-state index in [1.54, 1.807) is 0 Å². The average Bonchev–Trinajstić information content (AvgIpc) is 2.97. The molecule has 7 N–H and O–H groups in total. The number of hydrogen-bond donors (Lipinski definition) is 5. The number of carbonyl (C=O) groups is 1. The third-order valence-electron chi connectivity index (χ3n) is 6.73. The number of rotatable bonds is 17. The average molecular weight is 602 g/mol. The first-order chi connectivity index (χ1) is 20.1. The predicted molar refractivity (Wildman–Crippen MR) is 164 cm³/mol. The Labute approximate surface area is 252 Å². The summed E-state index contributed by atoms with van der Waals surface area (Å²) in [4.78, 5) is 20.2. The molecule has 0 bridgehead atoms. The second-order valence-corrected chi connectivity index (χ2v) is 11.1. The number of hydrogen-bond acceptors (Lipinski definition) is 9. The van der Waals surface area contributed by atoms with Crippen LogP contribution in [0.5, 0.6) is 11.5 Å². The van der Waals surface area contributed by atoms with Crippen LogP contribution >= 0.6 is 11.6 Å². The molecule has 3 rings (SSSR count). The highest BCUT2D eigenvalue weighted by atomic mass is 35.5. The van der Waals surface area contributed by atoms with Gasteiger partial charge in [0.2, 0.25) is 0 Å². The van der Waals surface area contributed by atoms with E-state index < -0.39 is 12.0 Å². The fourth-order valence-corrected chi connectivity index (χ4v) is 4.33. The molecule has 11 nitrogen and oxygen atoms in total. The number of quaternary nitrogens is 1. The van der Waals surface area contributed by atoms with E-state index in [2.05, 4.69) is 41.5 Å². The van der Waals surface area contributed by atoms with Crippen LogP contribution in [0.15, 0.2) is 48.5 Å². The first kappa shape index (κ1) is 32.9. The molecule has 0 aliphatic heterocycles. The third-order valence-corrected chi connectivity index (χ3v) is 7.01. The van der Waals surface area contributed by atoms with Gasteiger partial charge in [-0.05, 0) is 54.7 Å². The van der Waals surface area contributed by atoms with Crippen LogP contribution in [0.2, 0.25) is 5.15 Å². The van der Waals surface area contributed by atoms with Crippen LogP contribution in [0.25, 0.3) is 0 Å². The molecule has 42 heavy (non-hydrogen) atoms. The first-order valence-electron chi connectivity index (χ1n) is 14.0. The van der Waals surface area contributed by atoms with Gasteiger partial charge in [-0.15, -0.1) is 0 Å². The number of nitrogen functional groups attached to an aromatic ring is 2. The molecule has 0 aliphatic rings. The van der Waals surface area contributed by atoms with E-state index >= 15 is 0 Å². The minimum absolute atomic E-state index is 0.00793. The van der Waals surface area contributed by atoms with Crippen molar-refractivity contribution in [2.75, 3.05) is 65.0 Å². The van der Waals surface area contributed by atoms with Gasteiger partial charge in [-0.3, -0.25) is 4.79 Å². The summed E-state index contributed by atoms with van der Waals surface area (Å²) >= 11 is 5.87. The molecular weight excluding hydrogens is 560 g/mol. The predicted octanol–water partition coefficient (Wildman–Crippen LogP) is 2.48. The van der Waals surface area contributed by atoms with E-state index in [0.29, 0.717) is 18.9 Å². The van der Waals surface area contributed by atoms with E-state index in [1.165, 1.54) is 11.1 Å². The van der Waals surface area contributed by atoms with Crippen molar-refractivity contribution in [3.8, 4) is 11.5 Å². The fourth-order valence-electron chi connectivity index (χ4n) is 4.20. The zero-order chi connectivity index (χ0) is 30.5. The van der Waals surface area contributed by atoms with Crippen molar-refractivity contribution in [2.45, 2.75) is 31.8 Å². The number of likely N-dealkylation sites (N-methyl/N-ethyl adjacent to an activating group) is 1. The number of nitrogens with two attached hydrogens (primary N) is 2. The van der Waals surface area contributed by atoms with Crippen molar-refractivity contribution in [1.82, 2.24) is 15.3 Å². The standard InChI is InChI=1S/C30H41ClN6O5/c1-37(2,17-15-34-30(40)26-28(32)36-29(33)27(31)35-26)16-3-5-21-7-11-24(12-8-21)41-18-4-6-22-9-13-25(14-10-22)42-20-23(39)19-38/h7-14,23,38-39H,3-6,15-20H2,1-2H3,(H4-,32,33,34,36,40)/p+1. The smallest absolute Gasteiger partial charge is 0.273 e. The summed E-state index contributed by atoms with van der Waals surface area (Å²) in [7, 11) is 4.26. The van der Waals surface area contributed by atoms with Crippen LogP contribution in [-0.4, -0.2) is 90.2 Å². The van der Waals surface area contributed by atoms with E-state index in [4.69, 9.17) is 37.6 Å². The number of aromatic nitrogens is 2. The molecule has 1 aromatic heterocycles. The Morgan fingerprint density at radius 1 is 0.929 bits per heavy atom. The van der Waals surface area contributed by atoms with Gasteiger partial charge in [0.15, 0.2) is 22.5 Å². The van der Waals surface area contributed by atoms with Gasteiger partial charge in [0.1, 0.15) is 24.2 Å². The topological polar surface area (TPSA) is 166 Å². The number of halogens is 1. The highest BCUT2D eigenvalue weighted by molar-refractivity contribution is 6.31. The van der Waals surface area contributed by atoms with Crippen molar-refractivity contribution >= 4 is 29.1 Å². The quantitative estimate of drug-likeness (QED) is 0.115. The number of carbonyl (C=O) groups excluding carboxylic acids is 1. The van der Waals surface area contributed by atoms with Crippen LogP contribution in [0.3, 0.4) is 0 Å². The van der Waals surface area contributed by atoms with Gasteiger partial charge < -0.3 is 41.0 Å². The molecule has 0 fully saturated rings. The number of anilines is 2. The highest BCUT2D eigenvalue weighted by Gasteiger charge is 2.18. The molecule has 0 saturated carbocycles. The van der Waals surface area contributed by atoms with Crippen LogP contribution in [0.1, 0.15) is 34.5 Å². The maximum absolute atomic E-state index is 12.4. The van der Waals surface area contributed by atoms with Crippen molar-refractivity contribution in [3.63, 3.8) is 0 Å². The number of aliphatic hydroxyl groups is 2. The highest BCUT2D eigenvalue weighted by Crippen LogP contribution is 2.18. The molecule has 0 radical (unpaired) electrons. The lowest BCUT2D eigenvalue weighted by atomic mass is 10.1. The number of benzene rings is 2. The van der Waals surface area contributed by atoms with E-state index in [0.717, 1.165) is 49.0 Å². The Morgan fingerprint density at radius 3 is 2.14 bits per heavy atom. The zero-order valence-corrected chi connectivity index (χ0v) is 25.0. The van der Waals surface area contributed by atoms with Crippen molar-refractivity contribution in [1.29, 1.82) is 0 Å². The molecule has 0 spiro atoms. The first-order valence-corrected chi connectivity index (χ1v) is 14.3. The van der Waals surface area contributed by atoms with Crippen LogP contribution in [-0.2, 0) is 12.8 Å². The van der Waals surface area contributed by atoms with E-state index in [1.807, 2.05) is 36.4 Å². The van der Waals surface area contributed by atoms with E-state index in [9.17, 15) is 9.90 Å². The molecular formula is C30H42ClN6O5+. The maximum atomic E-state index is 12.4. The third kappa shape index (κ3) is 11.0. The Morgan fingerprint density at radius 2 is 1.52 bits per heavy atom. The van der Waals surface area contributed by atoms with Gasteiger partial charge >= 0.3 is 0 Å². The Kier molecular flexibility index (Phi) is 12.6. The van der Waals surface area contributed by atoms with Gasteiger partial charge in [0.05, 0.1) is 46.9 Å². The Hall–Kier alpha value is -3.64. The van der Waals surface area contributed by atoms with Crippen molar-refractivity contribution in [2.24, 2.45) is 0 Å². The normalized spacial score (nSPS) is 12.1.